The zero-order valence-corrected chi connectivity index (χ0v) is 14.1. The molecule has 0 saturated carbocycles. The minimum Gasteiger partial charge on any atom is -0.106 e. The second kappa shape index (κ2) is 9.59. The van der Waals surface area contributed by atoms with Gasteiger partial charge >= 0.3 is 0 Å². The summed E-state index contributed by atoms with van der Waals surface area (Å²) in [6, 6.07) is 0. The van der Waals surface area contributed by atoms with Crippen molar-refractivity contribution < 1.29 is 0 Å². The Labute approximate surface area is 106 Å². The standard InChI is InChI=1S/C12H24BP3/c1-14(2)10-7-13(8-11-15(3)4)9-12-16(5)6/h7-12H,1-6H3/b10-7+,11-8+,12-9+. The molecule has 16 heavy (non-hydrogen) atoms. The van der Waals surface area contributed by atoms with Gasteiger partial charge in [0.15, 0.2) is 0 Å². The van der Waals surface area contributed by atoms with E-state index in [1.54, 1.807) is 0 Å². The fourth-order valence-corrected chi connectivity index (χ4v) is 2.64. The molecule has 0 nitrogen and oxygen atoms in total. The predicted molar refractivity (Wildman–Crippen MR) is 89.5 cm³/mol. The van der Waals surface area contributed by atoms with E-state index in [-0.39, 0.29) is 23.8 Å². The van der Waals surface area contributed by atoms with Crippen LogP contribution in [0, 0.1) is 0 Å². The van der Waals surface area contributed by atoms with Crippen molar-refractivity contribution in [2.24, 2.45) is 0 Å². The molecule has 0 aromatic heterocycles. The van der Waals surface area contributed by atoms with Crippen LogP contribution in [0.3, 0.4) is 0 Å². The van der Waals surface area contributed by atoms with Crippen LogP contribution in [-0.4, -0.2) is 46.7 Å². The Kier molecular flexibility index (Phi) is 9.93. The Morgan fingerprint density at radius 3 is 1.00 bits per heavy atom. The molecule has 0 aliphatic rings. The molecule has 0 aliphatic carbocycles. The lowest BCUT2D eigenvalue weighted by Gasteiger charge is -2.02. The lowest BCUT2D eigenvalue weighted by Crippen LogP contribution is -2.00. The third-order valence-corrected chi connectivity index (χ3v) is 4.12. The Morgan fingerprint density at radius 2 is 0.812 bits per heavy atom. The van der Waals surface area contributed by atoms with E-state index in [1.165, 1.54) is 0 Å². The van der Waals surface area contributed by atoms with E-state index in [0.717, 1.165) is 0 Å². The Morgan fingerprint density at radius 1 is 0.562 bits per heavy atom. The predicted octanol–water partition coefficient (Wildman–Crippen LogP) is 4.86. The van der Waals surface area contributed by atoms with Crippen molar-refractivity contribution in [2.45, 2.75) is 0 Å². The molecule has 0 amide bonds. The van der Waals surface area contributed by atoms with E-state index in [0.29, 0.717) is 6.71 Å². The summed E-state index contributed by atoms with van der Waals surface area (Å²) in [6.45, 7) is 14.2. The minimum absolute atomic E-state index is 0.0772. The zero-order chi connectivity index (χ0) is 12.6. The fraction of sp³-hybridized carbons (Fsp3) is 0.500. The highest BCUT2D eigenvalue weighted by Crippen LogP contribution is 2.29. The van der Waals surface area contributed by atoms with Crippen LogP contribution >= 0.6 is 23.8 Å². The smallest absolute Gasteiger partial charge is 0.106 e. The first kappa shape index (κ1) is 16.6. The molecule has 0 saturated heterocycles. The first-order valence-corrected chi connectivity index (χ1v) is 12.4. The molecule has 0 radical (unpaired) electrons. The van der Waals surface area contributed by atoms with E-state index in [2.05, 4.69) is 75.4 Å². The molecule has 0 aromatic carbocycles. The van der Waals surface area contributed by atoms with Gasteiger partial charge in [0.1, 0.15) is 0 Å². The Balaban J connectivity index is 4.51. The molecule has 0 heterocycles. The van der Waals surface area contributed by atoms with Crippen molar-refractivity contribution in [1.29, 1.82) is 0 Å². The first-order valence-electron chi connectivity index (χ1n) is 5.46. The van der Waals surface area contributed by atoms with Gasteiger partial charge in [-0.15, -0.1) is 17.9 Å². The van der Waals surface area contributed by atoms with Crippen LogP contribution in [-0.2, 0) is 0 Å². The molecule has 0 spiro atoms. The average Bonchev–Trinajstić information content (AvgIpc) is 2.15. The third kappa shape index (κ3) is 11.1. The quantitative estimate of drug-likeness (QED) is 0.478. The lowest BCUT2D eigenvalue weighted by molar-refractivity contribution is 2.10. The number of hydrogen-bond acceptors (Lipinski definition) is 0. The molecule has 0 atom stereocenters. The third-order valence-electron chi connectivity index (χ3n) is 1.82. The zero-order valence-electron chi connectivity index (χ0n) is 11.4. The van der Waals surface area contributed by atoms with Gasteiger partial charge in [0.25, 0.3) is 0 Å². The van der Waals surface area contributed by atoms with Gasteiger partial charge in [0, 0.05) is 0 Å². The Hall–Kier alpha value is 0.575. The summed E-state index contributed by atoms with van der Waals surface area (Å²) in [7, 11) is 0.231. The maximum atomic E-state index is 2.36. The van der Waals surface area contributed by atoms with Crippen LogP contribution in [0.5, 0.6) is 0 Å². The van der Waals surface area contributed by atoms with E-state index in [1.807, 2.05) is 0 Å². The number of rotatable bonds is 6. The van der Waals surface area contributed by atoms with Crippen molar-refractivity contribution in [3.05, 3.63) is 35.4 Å². The van der Waals surface area contributed by atoms with Crippen LogP contribution in [0.15, 0.2) is 35.4 Å². The highest BCUT2D eigenvalue weighted by Gasteiger charge is 2.01. The van der Waals surface area contributed by atoms with E-state index >= 15 is 0 Å². The van der Waals surface area contributed by atoms with Crippen molar-refractivity contribution >= 4 is 30.5 Å². The highest BCUT2D eigenvalue weighted by atomic mass is 31.1. The summed E-state index contributed by atoms with van der Waals surface area (Å²) in [5.74, 6) is 14.1. The Bertz CT molecular complexity index is 212. The lowest BCUT2D eigenvalue weighted by atomic mass is 9.51. The van der Waals surface area contributed by atoms with Crippen LogP contribution in [0.4, 0.5) is 0 Å². The van der Waals surface area contributed by atoms with Gasteiger partial charge in [0.05, 0.1) is 0 Å². The average molecular weight is 272 g/mol. The van der Waals surface area contributed by atoms with E-state index in [9.17, 15) is 0 Å². The number of hydrogen-bond donors (Lipinski definition) is 0. The maximum absolute atomic E-state index is 2.36. The van der Waals surface area contributed by atoms with Gasteiger partial charge in [-0.1, -0.05) is 41.2 Å². The molecule has 0 N–H and O–H groups in total. The summed E-state index contributed by atoms with van der Waals surface area (Å²) in [5, 5.41) is 0. The van der Waals surface area contributed by atoms with Crippen molar-refractivity contribution in [3.8, 4) is 0 Å². The van der Waals surface area contributed by atoms with Crippen LogP contribution < -0.4 is 0 Å². The summed E-state index contributed by atoms with van der Waals surface area (Å²) < 4.78 is 0. The van der Waals surface area contributed by atoms with Gasteiger partial charge in [-0.05, 0) is 40.0 Å². The van der Waals surface area contributed by atoms with Gasteiger partial charge in [-0.2, -0.15) is 0 Å². The molecule has 4 heteroatoms. The summed E-state index contributed by atoms with van der Waals surface area (Å²) in [6.07, 6.45) is 0. The van der Waals surface area contributed by atoms with Crippen molar-refractivity contribution in [3.63, 3.8) is 0 Å². The molecule has 0 rings (SSSR count). The molecule has 0 aliphatic heterocycles. The van der Waals surface area contributed by atoms with Gasteiger partial charge in [-0.3, -0.25) is 0 Å². The second-order valence-corrected chi connectivity index (χ2v) is 11.2. The second-order valence-electron chi connectivity index (χ2n) is 4.49. The molecule has 0 unspecified atom stereocenters. The monoisotopic (exact) mass is 272 g/mol. The topological polar surface area (TPSA) is 0 Å². The largest absolute Gasteiger partial charge is 0.218 e. The highest BCUT2D eigenvalue weighted by molar-refractivity contribution is 7.60. The molecule has 0 fully saturated rings. The molecule has 0 bridgehead atoms. The summed E-state index contributed by atoms with van der Waals surface area (Å²) in [5.41, 5.74) is 0. The molecular formula is C12H24BP3. The summed E-state index contributed by atoms with van der Waals surface area (Å²) in [4.78, 5) is 0. The van der Waals surface area contributed by atoms with Gasteiger partial charge < -0.3 is 0 Å². The van der Waals surface area contributed by atoms with Crippen LogP contribution in [0.2, 0.25) is 0 Å². The van der Waals surface area contributed by atoms with E-state index in [4.69, 9.17) is 0 Å². The van der Waals surface area contributed by atoms with Crippen LogP contribution in [0.25, 0.3) is 0 Å². The van der Waals surface area contributed by atoms with Crippen LogP contribution in [0.1, 0.15) is 0 Å². The molecule has 90 valence electrons. The SMILES string of the molecule is CP(C)/C=C/B(/C=C/P(C)C)/C=C/P(C)C. The summed E-state index contributed by atoms with van der Waals surface area (Å²) >= 11 is 0. The first-order chi connectivity index (χ1) is 7.41. The van der Waals surface area contributed by atoms with Crippen molar-refractivity contribution in [1.82, 2.24) is 0 Å². The maximum Gasteiger partial charge on any atom is 0.218 e. The van der Waals surface area contributed by atoms with Gasteiger partial charge in [-0.25, -0.2) is 0 Å². The van der Waals surface area contributed by atoms with E-state index < -0.39 is 0 Å². The fourth-order valence-electron chi connectivity index (χ4n) is 1.01. The normalized spacial score (nSPS) is 13.3. The van der Waals surface area contributed by atoms with Crippen molar-refractivity contribution in [2.75, 3.05) is 40.0 Å². The minimum atomic E-state index is 0.0772. The van der Waals surface area contributed by atoms with Gasteiger partial charge in [0.2, 0.25) is 6.71 Å². The molecule has 0 aromatic rings. The molecular weight excluding hydrogens is 248 g/mol.